The SMILES string of the molecule is CCc1nn2c(C)cc(N3CC4(CN(C(=O)N5CCN(C)CC5)C4)C3)cc2c1N(C)c1nc(-c2ccc(F)cc2)c(C#N)s1. The lowest BCUT2D eigenvalue weighted by Gasteiger charge is -2.61. The van der Waals surface area contributed by atoms with Crippen LogP contribution in [0.5, 0.6) is 0 Å². The van der Waals surface area contributed by atoms with Crippen LogP contribution in [0.15, 0.2) is 36.4 Å². The predicted molar refractivity (Wildman–Crippen MR) is 170 cm³/mol. The van der Waals surface area contributed by atoms with Crippen molar-refractivity contribution in [1.29, 1.82) is 5.26 Å². The van der Waals surface area contributed by atoms with Crippen molar-refractivity contribution in [2.45, 2.75) is 20.3 Å². The molecule has 0 unspecified atom stereocenters. The molecule has 0 N–H and O–H groups in total. The fraction of sp³-hybridized carbons (Fsp3) is 0.438. The van der Waals surface area contributed by atoms with E-state index in [1.165, 1.54) is 23.5 Å². The third-order valence-corrected chi connectivity index (χ3v) is 10.3. The van der Waals surface area contributed by atoms with Gasteiger partial charge in [-0.3, -0.25) is 0 Å². The molecule has 44 heavy (non-hydrogen) atoms. The second-order valence-corrected chi connectivity index (χ2v) is 13.4. The first-order valence-corrected chi connectivity index (χ1v) is 15.9. The van der Waals surface area contributed by atoms with Gasteiger partial charge < -0.3 is 24.5 Å². The molecule has 4 aromatic rings. The summed E-state index contributed by atoms with van der Waals surface area (Å²) >= 11 is 1.32. The number of aryl methyl sites for hydroxylation is 2. The van der Waals surface area contributed by atoms with E-state index in [0.29, 0.717) is 21.3 Å². The van der Waals surface area contributed by atoms with Crippen LogP contribution in [0.1, 0.15) is 23.2 Å². The number of nitriles is 1. The lowest BCUT2D eigenvalue weighted by Crippen LogP contribution is -2.74. The first kappa shape index (κ1) is 28.6. The standard InChI is InChI=1S/C32H36FN9OS/c1-5-25-29(38(4)30-35-28(27(16-34)44-30)22-6-8-23(33)9-7-22)26-15-24(14-21(2)42(26)36-25)40-17-32(18-40)19-41(20-32)31(43)39-12-10-37(3)11-13-39/h6-9,14-15H,5,10-13,17-20H2,1-4H3. The predicted octanol–water partition coefficient (Wildman–Crippen LogP) is 4.60. The maximum Gasteiger partial charge on any atom is 0.320 e. The molecule has 0 bridgehead atoms. The first-order valence-electron chi connectivity index (χ1n) is 15.1. The lowest BCUT2D eigenvalue weighted by molar-refractivity contribution is -0.00756. The number of hydrogen-bond acceptors (Lipinski definition) is 8. The number of rotatable bonds is 5. The van der Waals surface area contributed by atoms with Gasteiger partial charge in [-0.05, 0) is 56.8 Å². The van der Waals surface area contributed by atoms with Crippen molar-refractivity contribution in [1.82, 2.24) is 29.3 Å². The number of anilines is 3. The molecule has 3 aliphatic rings. The highest BCUT2D eigenvalue weighted by Crippen LogP contribution is 2.44. The van der Waals surface area contributed by atoms with E-state index in [9.17, 15) is 14.4 Å². The Kier molecular flexibility index (Phi) is 6.98. The summed E-state index contributed by atoms with van der Waals surface area (Å²) in [4.78, 5) is 29.0. The number of aromatic nitrogens is 3. The van der Waals surface area contributed by atoms with E-state index >= 15 is 0 Å². The van der Waals surface area contributed by atoms with Crippen molar-refractivity contribution >= 4 is 39.4 Å². The Balaban J connectivity index is 1.12. The summed E-state index contributed by atoms with van der Waals surface area (Å²) in [6.07, 6.45) is 0.738. The third kappa shape index (κ3) is 4.75. The second kappa shape index (κ2) is 10.7. The van der Waals surface area contributed by atoms with Gasteiger partial charge in [0.25, 0.3) is 0 Å². The van der Waals surface area contributed by atoms with Crippen LogP contribution in [0.25, 0.3) is 16.8 Å². The maximum absolute atomic E-state index is 13.6. The summed E-state index contributed by atoms with van der Waals surface area (Å²) in [5.41, 5.74) is 6.50. The summed E-state index contributed by atoms with van der Waals surface area (Å²) < 4.78 is 15.6. The molecule has 7 rings (SSSR count). The number of carbonyl (C=O) groups is 1. The molecule has 1 aromatic carbocycles. The van der Waals surface area contributed by atoms with E-state index in [4.69, 9.17) is 10.1 Å². The van der Waals surface area contributed by atoms with Gasteiger partial charge in [0, 0.05) is 81.8 Å². The van der Waals surface area contributed by atoms with E-state index in [0.717, 1.165) is 87.1 Å². The van der Waals surface area contributed by atoms with Crippen molar-refractivity contribution in [2.24, 2.45) is 5.41 Å². The zero-order chi connectivity index (χ0) is 30.7. The normalized spacial score (nSPS) is 18.0. The van der Waals surface area contributed by atoms with Gasteiger partial charge in [-0.25, -0.2) is 18.7 Å². The number of carbonyl (C=O) groups excluding carboxylic acids is 1. The minimum absolute atomic E-state index is 0.169. The molecule has 0 saturated carbocycles. The van der Waals surface area contributed by atoms with Gasteiger partial charge in [0.15, 0.2) is 5.13 Å². The number of amides is 2. The molecule has 0 radical (unpaired) electrons. The van der Waals surface area contributed by atoms with Crippen molar-refractivity contribution < 1.29 is 9.18 Å². The highest BCUT2D eigenvalue weighted by molar-refractivity contribution is 7.16. The molecule has 3 aliphatic heterocycles. The fourth-order valence-electron chi connectivity index (χ4n) is 6.78. The topological polar surface area (TPSA) is 87.2 Å². The quantitative estimate of drug-likeness (QED) is 0.325. The zero-order valence-electron chi connectivity index (χ0n) is 25.5. The van der Waals surface area contributed by atoms with Crippen LogP contribution in [-0.2, 0) is 6.42 Å². The van der Waals surface area contributed by atoms with Crippen LogP contribution in [0.3, 0.4) is 0 Å². The minimum Gasteiger partial charge on any atom is -0.370 e. The Hall–Kier alpha value is -4.21. The summed E-state index contributed by atoms with van der Waals surface area (Å²) in [5.74, 6) is -0.327. The number of benzene rings is 1. The van der Waals surface area contributed by atoms with Crippen LogP contribution >= 0.6 is 11.3 Å². The van der Waals surface area contributed by atoms with Crippen LogP contribution in [0.2, 0.25) is 0 Å². The fourth-order valence-corrected chi connectivity index (χ4v) is 7.63. The van der Waals surface area contributed by atoms with Crippen LogP contribution in [0.4, 0.5) is 25.7 Å². The molecule has 0 aliphatic carbocycles. The van der Waals surface area contributed by atoms with Gasteiger partial charge in [-0.2, -0.15) is 10.4 Å². The Morgan fingerprint density at radius 1 is 1.09 bits per heavy atom. The first-order chi connectivity index (χ1) is 21.2. The van der Waals surface area contributed by atoms with Gasteiger partial charge >= 0.3 is 6.03 Å². The number of likely N-dealkylation sites (N-methyl/N-ethyl adjacent to an activating group) is 1. The third-order valence-electron chi connectivity index (χ3n) is 9.25. The average molecular weight is 614 g/mol. The summed E-state index contributed by atoms with van der Waals surface area (Å²) in [5, 5.41) is 15.5. The van der Waals surface area contributed by atoms with E-state index in [1.54, 1.807) is 12.1 Å². The molecular weight excluding hydrogens is 577 g/mol. The number of piperazine rings is 1. The molecule has 1 spiro atoms. The molecule has 3 fully saturated rings. The van der Waals surface area contributed by atoms with E-state index in [1.807, 2.05) is 26.3 Å². The van der Waals surface area contributed by atoms with Crippen LogP contribution in [-0.4, -0.2) is 102 Å². The van der Waals surface area contributed by atoms with Crippen molar-refractivity contribution in [3.8, 4) is 17.3 Å². The Bertz CT molecular complexity index is 1770. The average Bonchev–Trinajstić information content (AvgIpc) is 3.58. The molecule has 228 valence electrons. The Morgan fingerprint density at radius 3 is 2.45 bits per heavy atom. The van der Waals surface area contributed by atoms with Crippen molar-refractivity contribution in [2.75, 3.05) is 76.3 Å². The number of hydrogen-bond donors (Lipinski definition) is 0. The molecule has 0 atom stereocenters. The minimum atomic E-state index is -0.327. The van der Waals surface area contributed by atoms with E-state index < -0.39 is 0 Å². The summed E-state index contributed by atoms with van der Waals surface area (Å²) in [6, 6.07) is 12.9. The smallest absolute Gasteiger partial charge is 0.320 e. The monoisotopic (exact) mass is 613 g/mol. The number of likely N-dealkylation sites (tertiary alicyclic amines) is 1. The van der Waals surface area contributed by atoms with Gasteiger partial charge in [-0.15, -0.1) is 0 Å². The lowest BCUT2D eigenvalue weighted by atomic mass is 9.72. The molecule has 10 nitrogen and oxygen atoms in total. The molecule has 3 aromatic heterocycles. The number of nitrogens with zero attached hydrogens (tertiary/aromatic N) is 9. The maximum atomic E-state index is 13.6. The molecule has 2 amide bonds. The zero-order valence-corrected chi connectivity index (χ0v) is 26.4. The van der Waals surface area contributed by atoms with Crippen molar-refractivity contribution in [3.63, 3.8) is 0 Å². The second-order valence-electron chi connectivity index (χ2n) is 12.4. The van der Waals surface area contributed by atoms with Gasteiger partial charge in [0.2, 0.25) is 0 Å². The van der Waals surface area contributed by atoms with Crippen molar-refractivity contribution in [3.05, 3.63) is 58.5 Å². The number of pyridine rings is 1. The molecule has 12 heteroatoms. The Morgan fingerprint density at radius 2 is 1.80 bits per heavy atom. The summed E-state index contributed by atoms with van der Waals surface area (Å²) in [7, 11) is 4.07. The van der Waals surface area contributed by atoms with Crippen LogP contribution in [0, 0.1) is 29.5 Å². The van der Waals surface area contributed by atoms with Gasteiger partial charge in [-0.1, -0.05) is 18.3 Å². The van der Waals surface area contributed by atoms with Crippen LogP contribution < -0.4 is 9.80 Å². The van der Waals surface area contributed by atoms with Gasteiger partial charge in [0.05, 0.1) is 16.9 Å². The number of urea groups is 1. The Labute approximate surface area is 260 Å². The molecule has 3 saturated heterocycles. The number of halogens is 1. The number of fused-ring (bicyclic) bond motifs is 1. The van der Waals surface area contributed by atoms with E-state index in [2.05, 4.69) is 48.9 Å². The molecular formula is C32H36FN9OS. The van der Waals surface area contributed by atoms with E-state index in [-0.39, 0.29) is 17.3 Å². The largest absolute Gasteiger partial charge is 0.370 e. The number of thiazole rings is 1. The highest BCUT2D eigenvalue weighted by Gasteiger charge is 2.54. The molecule has 6 heterocycles. The summed E-state index contributed by atoms with van der Waals surface area (Å²) in [6.45, 7) is 11.1. The van der Waals surface area contributed by atoms with Gasteiger partial charge in [0.1, 0.15) is 22.5 Å². The highest BCUT2D eigenvalue weighted by atomic mass is 32.1.